The zero-order chi connectivity index (χ0) is 18.4. The summed E-state index contributed by atoms with van der Waals surface area (Å²) in [6.45, 7) is 0. The van der Waals surface area contributed by atoms with E-state index < -0.39 is 0 Å². The number of rotatable bonds is 4. The molecule has 0 radical (unpaired) electrons. The quantitative estimate of drug-likeness (QED) is 0.296. The second kappa shape index (κ2) is 6.68. The standard InChI is InChI=1S/C19H19IN2O4/c1-25-14-8-10(7-13(20)17(14)26-2)9-21-22-18(23)15-11-3-4-12(6-5-11)16(15)19(22)24/h3-4,7-9,11-12,15-16H,5-6H2,1-2H3/b21-9-/t11-,12-,15-,16-/m0/s1. The molecule has 26 heavy (non-hydrogen) atoms. The number of hydrogen-bond donors (Lipinski definition) is 0. The molecule has 0 N–H and O–H groups in total. The number of nitrogens with zero attached hydrogens (tertiary/aromatic N) is 2. The molecule has 0 unspecified atom stereocenters. The van der Waals surface area contributed by atoms with Gasteiger partial charge in [-0.25, -0.2) is 0 Å². The third kappa shape index (κ3) is 2.64. The topological polar surface area (TPSA) is 68.2 Å². The minimum atomic E-state index is -0.242. The average molecular weight is 466 g/mol. The molecule has 0 spiro atoms. The van der Waals surface area contributed by atoms with Gasteiger partial charge in [-0.2, -0.15) is 10.1 Å². The molecule has 2 bridgehead atoms. The monoisotopic (exact) mass is 466 g/mol. The second-order valence-corrected chi connectivity index (χ2v) is 7.97. The van der Waals surface area contributed by atoms with Crippen molar-refractivity contribution in [3.63, 3.8) is 0 Å². The van der Waals surface area contributed by atoms with Crippen LogP contribution in [0.25, 0.3) is 0 Å². The molecule has 5 rings (SSSR count). The summed E-state index contributed by atoms with van der Waals surface area (Å²) >= 11 is 2.15. The highest BCUT2D eigenvalue weighted by molar-refractivity contribution is 14.1. The third-order valence-electron chi connectivity index (χ3n) is 5.51. The first-order valence-electron chi connectivity index (χ1n) is 8.56. The number of carbonyl (C=O) groups is 2. The van der Waals surface area contributed by atoms with E-state index in [0.717, 1.165) is 27.0 Å². The average Bonchev–Trinajstić information content (AvgIpc) is 2.93. The molecule has 6 nitrogen and oxygen atoms in total. The lowest BCUT2D eigenvalue weighted by molar-refractivity contribution is -0.140. The number of ether oxygens (including phenoxy) is 2. The van der Waals surface area contributed by atoms with Gasteiger partial charge in [0.2, 0.25) is 0 Å². The number of hydrogen-bond acceptors (Lipinski definition) is 5. The van der Waals surface area contributed by atoms with E-state index in [-0.39, 0.29) is 35.5 Å². The summed E-state index contributed by atoms with van der Waals surface area (Å²) < 4.78 is 11.5. The summed E-state index contributed by atoms with van der Waals surface area (Å²) in [4.78, 5) is 25.5. The van der Waals surface area contributed by atoms with Gasteiger partial charge in [0, 0.05) is 0 Å². The number of halogens is 1. The molecule has 0 aromatic heterocycles. The molecule has 1 heterocycles. The number of benzene rings is 1. The largest absolute Gasteiger partial charge is 0.493 e. The number of hydrazone groups is 1. The fraction of sp³-hybridized carbons (Fsp3) is 0.421. The van der Waals surface area contributed by atoms with Gasteiger partial charge in [0.25, 0.3) is 11.8 Å². The zero-order valence-corrected chi connectivity index (χ0v) is 16.7. The lowest BCUT2D eigenvalue weighted by Gasteiger charge is -2.37. The summed E-state index contributed by atoms with van der Waals surface area (Å²) in [6.07, 6.45) is 7.70. The van der Waals surface area contributed by atoms with Crippen LogP contribution in [-0.2, 0) is 9.59 Å². The second-order valence-electron chi connectivity index (χ2n) is 6.81. The fourth-order valence-electron chi connectivity index (χ4n) is 4.31. The Hall–Kier alpha value is -1.90. The Morgan fingerprint density at radius 3 is 2.19 bits per heavy atom. The normalized spacial score (nSPS) is 29.6. The van der Waals surface area contributed by atoms with Gasteiger partial charge in [-0.05, 0) is 65.0 Å². The van der Waals surface area contributed by atoms with Crippen LogP contribution in [0.4, 0.5) is 0 Å². The lowest BCUT2D eigenvalue weighted by atomic mass is 9.63. The summed E-state index contributed by atoms with van der Waals surface area (Å²) in [5.74, 6) is 0.731. The van der Waals surface area contributed by atoms with E-state index in [2.05, 4.69) is 39.8 Å². The Kier molecular flexibility index (Phi) is 4.50. The molecule has 136 valence electrons. The zero-order valence-electron chi connectivity index (χ0n) is 14.5. The number of imide groups is 1. The Morgan fingerprint density at radius 1 is 1.08 bits per heavy atom. The van der Waals surface area contributed by atoms with E-state index in [0.29, 0.717) is 11.5 Å². The Morgan fingerprint density at radius 2 is 1.69 bits per heavy atom. The number of allylic oxidation sites excluding steroid dienone is 2. The van der Waals surface area contributed by atoms with E-state index in [9.17, 15) is 9.59 Å². The van der Waals surface area contributed by atoms with Gasteiger partial charge in [-0.15, -0.1) is 0 Å². The molecule has 1 saturated heterocycles. The Labute approximate surface area is 165 Å². The van der Waals surface area contributed by atoms with E-state index >= 15 is 0 Å². The fourth-order valence-corrected chi connectivity index (χ4v) is 5.15. The van der Waals surface area contributed by atoms with E-state index in [1.54, 1.807) is 20.3 Å². The molecule has 2 amide bonds. The molecule has 7 heteroatoms. The highest BCUT2D eigenvalue weighted by Crippen LogP contribution is 2.49. The van der Waals surface area contributed by atoms with Gasteiger partial charge in [-0.1, -0.05) is 12.2 Å². The van der Waals surface area contributed by atoms with Crippen LogP contribution in [0.3, 0.4) is 0 Å². The van der Waals surface area contributed by atoms with Gasteiger partial charge in [0.15, 0.2) is 11.5 Å². The molecule has 3 aliphatic carbocycles. The van der Waals surface area contributed by atoms with E-state index in [4.69, 9.17) is 9.47 Å². The number of methoxy groups -OCH3 is 2. The Balaban J connectivity index is 1.61. The van der Waals surface area contributed by atoms with Gasteiger partial charge in [-0.3, -0.25) is 9.59 Å². The first-order valence-corrected chi connectivity index (χ1v) is 9.64. The van der Waals surface area contributed by atoms with Crippen LogP contribution in [0.5, 0.6) is 11.5 Å². The van der Waals surface area contributed by atoms with Crippen molar-refractivity contribution in [3.8, 4) is 11.5 Å². The van der Waals surface area contributed by atoms with Crippen LogP contribution in [0.15, 0.2) is 29.4 Å². The molecule has 4 aliphatic rings. The first-order chi connectivity index (χ1) is 12.5. The summed E-state index contributed by atoms with van der Waals surface area (Å²) in [5.41, 5.74) is 0.739. The van der Waals surface area contributed by atoms with Gasteiger partial charge in [0.1, 0.15) is 0 Å². The van der Waals surface area contributed by atoms with Crippen molar-refractivity contribution in [3.05, 3.63) is 33.4 Å². The maximum Gasteiger partial charge on any atom is 0.254 e. The molecule has 1 aromatic carbocycles. The van der Waals surface area contributed by atoms with Gasteiger partial charge in [0.05, 0.1) is 35.8 Å². The van der Waals surface area contributed by atoms with Gasteiger partial charge < -0.3 is 9.47 Å². The molecule has 2 fully saturated rings. The summed E-state index contributed by atoms with van der Waals surface area (Å²) in [6, 6.07) is 3.64. The van der Waals surface area contributed by atoms with Crippen molar-refractivity contribution in [1.29, 1.82) is 0 Å². The lowest BCUT2D eigenvalue weighted by Crippen LogP contribution is -2.38. The van der Waals surface area contributed by atoms with Crippen LogP contribution in [0.2, 0.25) is 0 Å². The predicted molar refractivity (Wildman–Crippen MR) is 104 cm³/mol. The third-order valence-corrected chi connectivity index (χ3v) is 6.32. The molecule has 1 saturated carbocycles. The highest BCUT2D eigenvalue weighted by atomic mass is 127. The predicted octanol–water partition coefficient (Wildman–Crippen LogP) is 2.84. The smallest absolute Gasteiger partial charge is 0.254 e. The maximum absolute atomic E-state index is 12.8. The van der Waals surface area contributed by atoms with E-state index in [1.165, 1.54) is 6.21 Å². The van der Waals surface area contributed by atoms with Crippen molar-refractivity contribution >= 4 is 40.6 Å². The van der Waals surface area contributed by atoms with E-state index in [1.807, 2.05) is 6.07 Å². The van der Waals surface area contributed by atoms with Crippen molar-refractivity contribution in [2.24, 2.45) is 28.8 Å². The van der Waals surface area contributed by atoms with Gasteiger partial charge >= 0.3 is 0 Å². The van der Waals surface area contributed by atoms with Crippen molar-refractivity contribution in [1.82, 2.24) is 5.01 Å². The number of fused-ring (bicyclic) bond motifs is 1. The number of carbonyl (C=O) groups excluding carboxylic acids is 2. The first kappa shape index (κ1) is 17.5. The van der Waals surface area contributed by atoms with Crippen LogP contribution in [-0.4, -0.2) is 37.3 Å². The molecule has 1 aromatic rings. The minimum absolute atomic E-state index is 0.170. The van der Waals surface area contributed by atoms with Crippen LogP contribution >= 0.6 is 22.6 Å². The highest BCUT2D eigenvalue weighted by Gasteiger charge is 2.56. The molecule has 1 aliphatic heterocycles. The SMILES string of the molecule is COc1cc(/C=N\N2C(=O)[C@@H]3[C@@H](C2=O)[C@H]2C=C[C@H]3CC2)cc(I)c1OC. The number of amides is 2. The van der Waals surface area contributed by atoms with Crippen LogP contribution < -0.4 is 9.47 Å². The van der Waals surface area contributed by atoms with Crippen LogP contribution in [0, 0.1) is 27.2 Å². The summed E-state index contributed by atoms with van der Waals surface area (Å²) in [7, 11) is 3.15. The van der Waals surface area contributed by atoms with Crippen LogP contribution in [0.1, 0.15) is 18.4 Å². The van der Waals surface area contributed by atoms with Crippen molar-refractivity contribution in [2.75, 3.05) is 14.2 Å². The van der Waals surface area contributed by atoms with Crippen molar-refractivity contribution in [2.45, 2.75) is 12.8 Å². The minimum Gasteiger partial charge on any atom is -0.493 e. The van der Waals surface area contributed by atoms with Crippen molar-refractivity contribution < 1.29 is 19.1 Å². The maximum atomic E-state index is 12.8. The molecular formula is C19H19IN2O4. The summed E-state index contributed by atoms with van der Waals surface area (Å²) in [5, 5.41) is 5.30. The Bertz CT molecular complexity index is 803. The molecular weight excluding hydrogens is 447 g/mol. The molecule has 4 atom stereocenters.